The van der Waals surface area contributed by atoms with E-state index >= 15 is 0 Å². The minimum Gasteiger partial charge on any atom is -0.489 e. The highest BCUT2D eigenvalue weighted by atomic mass is 16.5. The van der Waals surface area contributed by atoms with Crippen molar-refractivity contribution < 1.29 is 9.53 Å². The molecule has 1 fully saturated rings. The maximum atomic E-state index is 12.5. The molecule has 4 heteroatoms. The Morgan fingerprint density at radius 3 is 2.28 bits per heavy atom. The highest BCUT2D eigenvalue weighted by Gasteiger charge is 2.19. The Labute approximate surface area is 191 Å². The number of ether oxygens (including phenoxy) is 1. The number of hydrogen-bond donors (Lipinski definition) is 1. The molecule has 1 N–H and O–H groups in total. The lowest BCUT2D eigenvalue weighted by molar-refractivity contribution is 0.0954. The van der Waals surface area contributed by atoms with E-state index in [1.54, 1.807) is 0 Å². The molecule has 4 rings (SSSR count). The zero-order valence-electron chi connectivity index (χ0n) is 18.8. The van der Waals surface area contributed by atoms with Crippen molar-refractivity contribution in [3.05, 3.63) is 101 Å². The molecule has 166 valence electrons. The smallest absolute Gasteiger partial charge is 0.251 e. The molecule has 32 heavy (non-hydrogen) atoms. The molecule has 0 spiro atoms. The average Bonchev–Trinajstić information content (AvgIpc) is 3.39. The van der Waals surface area contributed by atoms with Gasteiger partial charge in [-0.1, -0.05) is 54.6 Å². The number of carbonyl (C=O) groups is 1. The lowest BCUT2D eigenvalue weighted by Crippen LogP contribution is -2.25. The number of hydrogen-bond acceptors (Lipinski definition) is 3. The Bertz CT molecular complexity index is 978. The van der Waals surface area contributed by atoms with E-state index in [1.807, 2.05) is 54.6 Å². The van der Waals surface area contributed by atoms with E-state index < -0.39 is 0 Å². The van der Waals surface area contributed by atoms with Crippen molar-refractivity contribution in [2.75, 3.05) is 19.6 Å². The Hall–Kier alpha value is -3.11. The van der Waals surface area contributed by atoms with Gasteiger partial charge in [-0.25, -0.2) is 0 Å². The fourth-order valence-corrected chi connectivity index (χ4v) is 4.17. The number of nitrogens with zero attached hydrogens (tertiary/aromatic N) is 1. The third-order valence-electron chi connectivity index (χ3n) is 6.21. The molecule has 1 saturated heterocycles. The van der Waals surface area contributed by atoms with E-state index in [0.29, 0.717) is 24.8 Å². The van der Waals surface area contributed by atoms with Gasteiger partial charge in [-0.15, -0.1) is 0 Å². The Kier molecular flexibility index (Phi) is 7.57. The van der Waals surface area contributed by atoms with E-state index in [-0.39, 0.29) is 5.91 Å². The predicted octanol–water partition coefficient (Wildman–Crippen LogP) is 5.39. The van der Waals surface area contributed by atoms with Crippen LogP contribution in [0.4, 0.5) is 0 Å². The predicted molar refractivity (Wildman–Crippen MR) is 129 cm³/mol. The van der Waals surface area contributed by atoms with Gasteiger partial charge in [-0.05, 0) is 80.2 Å². The zero-order valence-corrected chi connectivity index (χ0v) is 18.8. The standard InChI is InChI=1S/C28H32N2O2/c1-22(30-19-5-6-20-30)25-11-9-23(10-12-25)17-18-29-28(31)26-13-15-27(16-14-26)32-21-24-7-3-2-4-8-24/h2-4,7-16,22H,5-6,17-21H2,1H3,(H,29,31). The van der Waals surface area contributed by atoms with Gasteiger partial charge in [-0.3, -0.25) is 9.69 Å². The maximum Gasteiger partial charge on any atom is 0.251 e. The van der Waals surface area contributed by atoms with Crippen LogP contribution in [-0.2, 0) is 13.0 Å². The quantitative estimate of drug-likeness (QED) is 0.496. The van der Waals surface area contributed by atoms with Crippen LogP contribution in [0.25, 0.3) is 0 Å². The van der Waals surface area contributed by atoms with Gasteiger partial charge < -0.3 is 10.1 Å². The number of likely N-dealkylation sites (tertiary alicyclic amines) is 1. The first-order valence-electron chi connectivity index (χ1n) is 11.6. The summed E-state index contributed by atoms with van der Waals surface area (Å²) in [7, 11) is 0. The molecular formula is C28H32N2O2. The molecule has 1 aliphatic heterocycles. The monoisotopic (exact) mass is 428 g/mol. The van der Waals surface area contributed by atoms with Gasteiger partial charge in [0.05, 0.1) is 0 Å². The molecule has 3 aromatic rings. The Balaban J connectivity index is 1.21. The molecule has 0 radical (unpaired) electrons. The van der Waals surface area contributed by atoms with Crippen LogP contribution < -0.4 is 10.1 Å². The van der Waals surface area contributed by atoms with E-state index in [1.165, 1.54) is 37.1 Å². The number of nitrogens with one attached hydrogen (secondary N) is 1. The molecule has 3 aromatic carbocycles. The summed E-state index contributed by atoms with van der Waals surface area (Å²) in [6.45, 7) is 5.83. The fraction of sp³-hybridized carbons (Fsp3) is 0.321. The van der Waals surface area contributed by atoms with E-state index in [2.05, 4.69) is 41.4 Å². The summed E-state index contributed by atoms with van der Waals surface area (Å²) in [5.74, 6) is 0.701. The molecule has 0 saturated carbocycles. The minimum absolute atomic E-state index is 0.0566. The first-order valence-corrected chi connectivity index (χ1v) is 11.6. The second-order valence-electron chi connectivity index (χ2n) is 8.47. The lowest BCUT2D eigenvalue weighted by Gasteiger charge is -2.24. The van der Waals surface area contributed by atoms with Crippen molar-refractivity contribution in [1.82, 2.24) is 10.2 Å². The van der Waals surface area contributed by atoms with Crippen molar-refractivity contribution in [3.8, 4) is 5.75 Å². The van der Waals surface area contributed by atoms with Crippen LogP contribution in [0.3, 0.4) is 0 Å². The topological polar surface area (TPSA) is 41.6 Å². The number of benzene rings is 3. The third-order valence-corrected chi connectivity index (χ3v) is 6.21. The molecule has 1 amide bonds. The highest BCUT2D eigenvalue weighted by Crippen LogP contribution is 2.24. The van der Waals surface area contributed by atoms with Gasteiger partial charge >= 0.3 is 0 Å². The Morgan fingerprint density at radius 1 is 0.906 bits per heavy atom. The van der Waals surface area contributed by atoms with Crippen molar-refractivity contribution in [2.24, 2.45) is 0 Å². The van der Waals surface area contributed by atoms with Gasteiger partial charge in [0, 0.05) is 18.2 Å². The number of carbonyl (C=O) groups excluding carboxylic acids is 1. The van der Waals surface area contributed by atoms with Crippen molar-refractivity contribution in [3.63, 3.8) is 0 Å². The maximum absolute atomic E-state index is 12.5. The summed E-state index contributed by atoms with van der Waals surface area (Å²) in [4.78, 5) is 15.0. The average molecular weight is 429 g/mol. The SMILES string of the molecule is CC(c1ccc(CCNC(=O)c2ccc(OCc3ccccc3)cc2)cc1)N1CCCC1. The lowest BCUT2D eigenvalue weighted by atomic mass is 10.0. The molecule has 0 aliphatic carbocycles. The summed E-state index contributed by atoms with van der Waals surface area (Å²) in [6.07, 6.45) is 3.44. The largest absolute Gasteiger partial charge is 0.489 e. The number of rotatable bonds is 9. The van der Waals surface area contributed by atoms with Crippen LogP contribution >= 0.6 is 0 Å². The third kappa shape index (κ3) is 5.98. The normalized spacial score (nSPS) is 14.8. The van der Waals surface area contributed by atoms with Crippen molar-refractivity contribution in [1.29, 1.82) is 0 Å². The van der Waals surface area contributed by atoms with E-state index in [4.69, 9.17) is 4.74 Å². The van der Waals surface area contributed by atoms with Crippen molar-refractivity contribution in [2.45, 2.75) is 38.8 Å². The molecule has 1 aliphatic rings. The van der Waals surface area contributed by atoms with Crippen LogP contribution in [0.1, 0.15) is 52.9 Å². The van der Waals surface area contributed by atoms with Crippen LogP contribution in [0.2, 0.25) is 0 Å². The Morgan fingerprint density at radius 2 is 1.59 bits per heavy atom. The molecule has 0 bridgehead atoms. The van der Waals surface area contributed by atoms with E-state index in [9.17, 15) is 4.79 Å². The molecular weight excluding hydrogens is 396 g/mol. The molecule has 4 nitrogen and oxygen atoms in total. The van der Waals surface area contributed by atoms with Crippen LogP contribution in [-0.4, -0.2) is 30.4 Å². The van der Waals surface area contributed by atoms with Gasteiger partial charge in [0.15, 0.2) is 0 Å². The van der Waals surface area contributed by atoms with Gasteiger partial charge in [0.25, 0.3) is 5.91 Å². The highest BCUT2D eigenvalue weighted by molar-refractivity contribution is 5.94. The molecule has 0 aromatic heterocycles. The summed E-state index contributed by atoms with van der Waals surface area (Å²) < 4.78 is 5.79. The summed E-state index contributed by atoms with van der Waals surface area (Å²) >= 11 is 0. The first-order chi connectivity index (χ1) is 15.7. The van der Waals surface area contributed by atoms with E-state index in [0.717, 1.165) is 17.7 Å². The van der Waals surface area contributed by atoms with Gasteiger partial charge in [-0.2, -0.15) is 0 Å². The first kappa shape index (κ1) is 22.1. The molecule has 1 atom stereocenters. The summed E-state index contributed by atoms with van der Waals surface area (Å²) in [6, 6.07) is 26.7. The molecule has 1 heterocycles. The van der Waals surface area contributed by atoms with Crippen LogP contribution in [0.15, 0.2) is 78.9 Å². The zero-order chi connectivity index (χ0) is 22.2. The second kappa shape index (κ2) is 11.0. The van der Waals surface area contributed by atoms with Crippen LogP contribution in [0.5, 0.6) is 5.75 Å². The summed E-state index contributed by atoms with van der Waals surface area (Å²) in [5.41, 5.74) is 4.38. The van der Waals surface area contributed by atoms with Crippen LogP contribution in [0, 0.1) is 0 Å². The molecule has 1 unspecified atom stereocenters. The fourth-order valence-electron chi connectivity index (χ4n) is 4.17. The van der Waals surface area contributed by atoms with Gasteiger partial charge in [0.1, 0.15) is 12.4 Å². The summed E-state index contributed by atoms with van der Waals surface area (Å²) in [5, 5.41) is 3.02. The second-order valence-corrected chi connectivity index (χ2v) is 8.47. The van der Waals surface area contributed by atoms with Gasteiger partial charge in [0.2, 0.25) is 0 Å². The van der Waals surface area contributed by atoms with Crippen molar-refractivity contribution >= 4 is 5.91 Å². The number of amides is 1. The minimum atomic E-state index is -0.0566.